The van der Waals surface area contributed by atoms with Gasteiger partial charge in [0.05, 0.1) is 5.69 Å². The second kappa shape index (κ2) is 3.13. The van der Waals surface area contributed by atoms with Crippen LogP contribution < -0.4 is 21.8 Å². The van der Waals surface area contributed by atoms with Gasteiger partial charge in [0.25, 0.3) is 0 Å². The highest BCUT2D eigenvalue weighted by molar-refractivity contribution is 5.80. The SMILES string of the molecule is Nc1cc(C2CC2)cc(N2C=NNN2)c1. The van der Waals surface area contributed by atoms with E-state index in [1.165, 1.54) is 18.4 Å². The van der Waals surface area contributed by atoms with Crippen LogP contribution in [-0.4, -0.2) is 6.34 Å². The topological polar surface area (TPSA) is 65.7 Å². The van der Waals surface area contributed by atoms with Gasteiger partial charge in [-0.05, 0) is 42.5 Å². The van der Waals surface area contributed by atoms with Gasteiger partial charge < -0.3 is 5.73 Å². The first kappa shape index (κ1) is 8.55. The number of nitrogen functional groups attached to an aromatic ring is 1. The summed E-state index contributed by atoms with van der Waals surface area (Å²) in [6.07, 6.45) is 4.25. The molecule has 0 radical (unpaired) electrons. The van der Waals surface area contributed by atoms with E-state index in [0.29, 0.717) is 5.92 Å². The average Bonchev–Trinajstić information content (AvgIpc) is 2.93. The zero-order valence-electron chi connectivity index (χ0n) is 8.27. The van der Waals surface area contributed by atoms with Crippen molar-refractivity contribution in [3.8, 4) is 0 Å². The molecule has 5 heteroatoms. The second-order valence-electron chi connectivity index (χ2n) is 3.97. The van der Waals surface area contributed by atoms with Gasteiger partial charge in [-0.25, -0.2) is 10.5 Å². The molecule has 0 bridgehead atoms. The number of rotatable bonds is 2. The van der Waals surface area contributed by atoms with Crippen molar-refractivity contribution < 1.29 is 0 Å². The van der Waals surface area contributed by atoms with Crippen LogP contribution in [0.2, 0.25) is 0 Å². The fourth-order valence-corrected chi connectivity index (χ4v) is 1.78. The van der Waals surface area contributed by atoms with E-state index in [2.05, 4.69) is 28.3 Å². The number of nitrogens with one attached hydrogen (secondary N) is 2. The molecule has 0 aromatic heterocycles. The third kappa shape index (κ3) is 1.61. The summed E-state index contributed by atoms with van der Waals surface area (Å²) in [4.78, 5) is 0. The average molecular weight is 203 g/mol. The van der Waals surface area contributed by atoms with Gasteiger partial charge in [-0.1, -0.05) is 0 Å². The third-order valence-corrected chi connectivity index (χ3v) is 2.70. The van der Waals surface area contributed by atoms with Crippen LogP contribution >= 0.6 is 0 Å². The molecule has 1 aromatic carbocycles. The van der Waals surface area contributed by atoms with Crippen LogP contribution in [0.15, 0.2) is 23.3 Å². The lowest BCUT2D eigenvalue weighted by Gasteiger charge is -2.15. The van der Waals surface area contributed by atoms with Crippen molar-refractivity contribution in [3.05, 3.63) is 23.8 Å². The maximum absolute atomic E-state index is 5.87. The van der Waals surface area contributed by atoms with Crippen LogP contribution in [-0.2, 0) is 0 Å². The summed E-state index contributed by atoms with van der Waals surface area (Å²) in [5.41, 5.74) is 14.6. The van der Waals surface area contributed by atoms with Crippen LogP contribution in [0, 0.1) is 0 Å². The summed E-state index contributed by atoms with van der Waals surface area (Å²) in [7, 11) is 0. The van der Waals surface area contributed by atoms with E-state index in [9.17, 15) is 0 Å². The Balaban J connectivity index is 1.95. The van der Waals surface area contributed by atoms with Gasteiger partial charge in [0.15, 0.2) is 0 Å². The van der Waals surface area contributed by atoms with Crippen LogP contribution in [0.25, 0.3) is 0 Å². The molecule has 0 saturated heterocycles. The van der Waals surface area contributed by atoms with Crippen molar-refractivity contribution in [2.45, 2.75) is 18.8 Å². The minimum absolute atomic E-state index is 0.708. The van der Waals surface area contributed by atoms with E-state index in [1.807, 2.05) is 11.1 Å². The lowest BCUT2D eigenvalue weighted by molar-refractivity contribution is 0.623. The first-order valence-corrected chi connectivity index (χ1v) is 5.06. The second-order valence-corrected chi connectivity index (χ2v) is 3.97. The minimum Gasteiger partial charge on any atom is -0.399 e. The van der Waals surface area contributed by atoms with Crippen LogP contribution in [0.1, 0.15) is 24.3 Å². The quantitative estimate of drug-likeness (QED) is 0.625. The normalized spacial score (nSPS) is 19.3. The Kier molecular flexibility index (Phi) is 1.78. The zero-order chi connectivity index (χ0) is 10.3. The smallest absolute Gasteiger partial charge is 0.133 e. The van der Waals surface area contributed by atoms with Crippen LogP contribution in [0.5, 0.6) is 0 Å². The molecule has 1 aliphatic carbocycles. The highest BCUT2D eigenvalue weighted by Gasteiger charge is 2.24. The zero-order valence-corrected chi connectivity index (χ0v) is 8.27. The van der Waals surface area contributed by atoms with Crippen molar-refractivity contribution in [3.63, 3.8) is 0 Å². The predicted octanol–water partition coefficient (Wildman–Crippen LogP) is 0.919. The van der Waals surface area contributed by atoms with Gasteiger partial charge in [0.2, 0.25) is 0 Å². The summed E-state index contributed by atoms with van der Waals surface area (Å²) in [6.45, 7) is 0. The number of nitrogens with zero attached hydrogens (tertiary/aromatic N) is 2. The lowest BCUT2D eigenvalue weighted by atomic mass is 10.1. The Labute approximate surface area is 87.9 Å². The molecule has 0 spiro atoms. The molecular formula is C10H13N5. The predicted molar refractivity (Wildman–Crippen MR) is 60.1 cm³/mol. The standard InChI is InChI=1S/C10H13N5/c11-9-3-8(7-1-2-7)4-10(5-9)15-6-12-13-14-15/h3-7,13-14H,1-2,11H2. The van der Waals surface area contributed by atoms with E-state index in [0.717, 1.165) is 11.4 Å². The van der Waals surface area contributed by atoms with E-state index < -0.39 is 0 Å². The third-order valence-electron chi connectivity index (χ3n) is 2.70. The Hall–Kier alpha value is -1.75. The summed E-state index contributed by atoms with van der Waals surface area (Å²) in [5.74, 6) is 0.708. The van der Waals surface area contributed by atoms with Crippen molar-refractivity contribution in [2.75, 3.05) is 10.7 Å². The summed E-state index contributed by atoms with van der Waals surface area (Å²) < 4.78 is 0. The molecule has 1 heterocycles. The molecule has 0 unspecified atom stereocenters. The van der Waals surface area contributed by atoms with Crippen molar-refractivity contribution >= 4 is 17.7 Å². The van der Waals surface area contributed by atoms with Gasteiger partial charge in [-0.15, -0.1) is 5.53 Å². The van der Waals surface area contributed by atoms with Crippen LogP contribution in [0.3, 0.4) is 0 Å². The van der Waals surface area contributed by atoms with Crippen molar-refractivity contribution in [1.82, 2.24) is 11.1 Å². The van der Waals surface area contributed by atoms with E-state index >= 15 is 0 Å². The fourth-order valence-electron chi connectivity index (χ4n) is 1.78. The number of hydrazone groups is 1. The molecule has 15 heavy (non-hydrogen) atoms. The first-order chi connectivity index (χ1) is 7.33. The highest BCUT2D eigenvalue weighted by atomic mass is 15.8. The molecule has 2 aliphatic rings. The molecule has 0 atom stereocenters. The van der Waals surface area contributed by atoms with E-state index in [1.54, 1.807) is 6.34 Å². The number of benzene rings is 1. The van der Waals surface area contributed by atoms with Crippen LogP contribution in [0.4, 0.5) is 11.4 Å². The first-order valence-electron chi connectivity index (χ1n) is 5.06. The molecule has 1 aromatic rings. The summed E-state index contributed by atoms with van der Waals surface area (Å²) in [5, 5.41) is 5.67. The maximum atomic E-state index is 5.87. The monoisotopic (exact) mass is 203 g/mol. The van der Waals surface area contributed by atoms with Gasteiger partial charge in [0, 0.05) is 5.69 Å². The molecule has 78 valence electrons. The number of hydrazine groups is 2. The van der Waals surface area contributed by atoms with E-state index in [4.69, 9.17) is 5.73 Å². The summed E-state index contributed by atoms with van der Waals surface area (Å²) in [6, 6.07) is 6.14. The van der Waals surface area contributed by atoms with Gasteiger partial charge in [0.1, 0.15) is 6.34 Å². The Bertz CT molecular complexity index is 410. The number of hydrogen-bond donors (Lipinski definition) is 3. The Morgan fingerprint density at radius 1 is 1.33 bits per heavy atom. The largest absolute Gasteiger partial charge is 0.399 e. The Morgan fingerprint density at radius 3 is 2.87 bits per heavy atom. The summed E-state index contributed by atoms with van der Waals surface area (Å²) >= 11 is 0. The Morgan fingerprint density at radius 2 is 2.20 bits per heavy atom. The molecular weight excluding hydrogens is 190 g/mol. The lowest BCUT2D eigenvalue weighted by Crippen LogP contribution is -2.37. The molecule has 1 saturated carbocycles. The molecule has 1 fully saturated rings. The van der Waals surface area contributed by atoms with E-state index in [-0.39, 0.29) is 0 Å². The van der Waals surface area contributed by atoms with Gasteiger partial charge in [-0.3, -0.25) is 0 Å². The number of anilines is 2. The molecule has 0 amide bonds. The molecule has 3 rings (SSSR count). The number of hydrogen-bond acceptors (Lipinski definition) is 5. The van der Waals surface area contributed by atoms with Crippen molar-refractivity contribution in [1.29, 1.82) is 0 Å². The van der Waals surface area contributed by atoms with Gasteiger partial charge in [-0.2, -0.15) is 5.10 Å². The molecule has 1 aliphatic heterocycles. The fraction of sp³-hybridized carbons (Fsp3) is 0.300. The minimum atomic E-state index is 0.708. The highest BCUT2D eigenvalue weighted by Crippen LogP contribution is 2.41. The maximum Gasteiger partial charge on any atom is 0.133 e. The molecule has 5 nitrogen and oxygen atoms in total. The van der Waals surface area contributed by atoms with Crippen molar-refractivity contribution in [2.24, 2.45) is 5.10 Å². The molecule has 4 N–H and O–H groups in total. The van der Waals surface area contributed by atoms with Gasteiger partial charge >= 0.3 is 0 Å². The number of nitrogens with two attached hydrogens (primary N) is 1.